The van der Waals surface area contributed by atoms with Crippen LogP contribution in [0.5, 0.6) is 5.75 Å². The number of H-pyrrole nitrogens is 1. The van der Waals surface area contributed by atoms with Gasteiger partial charge in [-0.15, -0.1) is 0 Å². The number of ether oxygens (including phenoxy) is 2. The molecule has 2 aromatic rings. The number of aromatic amines is 1. The molecule has 1 amide bonds. The third-order valence-electron chi connectivity index (χ3n) is 4.29. The monoisotopic (exact) mass is 359 g/mol. The van der Waals surface area contributed by atoms with Crippen molar-refractivity contribution in [3.63, 3.8) is 0 Å². The second-order valence-electron chi connectivity index (χ2n) is 6.79. The topological polar surface area (TPSA) is 93.2 Å². The lowest BCUT2D eigenvalue weighted by molar-refractivity contribution is 0.0542. The van der Waals surface area contributed by atoms with Crippen LogP contribution in [0.4, 0.5) is 0 Å². The van der Waals surface area contributed by atoms with Crippen molar-refractivity contribution in [1.29, 1.82) is 0 Å². The first kappa shape index (κ1) is 18.3. The van der Waals surface area contributed by atoms with Gasteiger partial charge in [0, 0.05) is 26.4 Å². The quantitative estimate of drug-likeness (QED) is 0.847. The van der Waals surface area contributed by atoms with E-state index in [4.69, 9.17) is 9.47 Å². The molecule has 1 saturated heterocycles. The fourth-order valence-electron chi connectivity index (χ4n) is 3.08. The number of aryl methyl sites for hydroxylation is 1. The summed E-state index contributed by atoms with van der Waals surface area (Å²) in [5.74, 6) is 1.89. The van der Waals surface area contributed by atoms with Gasteiger partial charge in [0.15, 0.2) is 17.3 Å². The maximum absolute atomic E-state index is 12.9. The van der Waals surface area contributed by atoms with E-state index in [1.165, 1.54) is 0 Å². The maximum Gasteiger partial charge on any atom is 0.276 e. The molecule has 0 saturated carbocycles. The van der Waals surface area contributed by atoms with Crippen LogP contribution in [0.3, 0.4) is 0 Å². The van der Waals surface area contributed by atoms with Gasteiger partial charge in [-0.1, -0.05) is 0 Å². The van der Waals surface area contributed by atoms with Crippen molar-refractivity contribution in [3.05, 3.63) is 35.7 Å². The van der Waals surface area contributed by atoms with E-state index >= 15 is 0 Å². The number of amides is 1. The van der Waals surface area contributed by atoms with Crippen molar-refractivity contribution in [2.24, 2.45) is 0 Å². The van der Waals surface area contributed by atoms with Gasteiger partial charge in [-0.25, -0.2) is 9.97 Å². The first-order chi connectivity index (χ1) is 12.5. The lowest BCUT2D eigenvalue weighted by Crippen LogP contribution is -2.37. The summed E-state index contributed by atoms with van der Waals surface area (Å²) < 4.78 is 11.6. The molecule has 0 radical (unpaired) electrons. The summed E-state index contributed by atoms with van der Waals surface area (Å²) in [5, 5.41) is 7.12. The number of nitrogens with one attached hydrogen (secondary N) is 1. The minimum atomic E-state index is -0.193. The molecule has 0 spiro atoms. The zero-order valence-corrected chi connectivity index (χ0v) is 15.6. The molecule has 3 heterocycles. The van der Waals surface area contributed by atoms with Crippen LogP contribution in [0.15, 0.2) is 18.3 Å². The minimum Gasteiger partial charge on any atom is -0.489 e. The highest BCUT2D eigenvalue weighted by molar-refractivity contribution is 5.94. The molecule has 2 aromatic heterocycles. The lowest BCUT2D eigenvalue weighted by Gasteiger charge is -2.24. The third kappa shape index (κ3) is 4.01. The number of hydrogen-bond acceptors (Lipinski definition) is 6. The molecule has 26 heavy (non-hydrogen) atoms. The van der Waals surface area contributed by atoms with E-state index in [2.05, 4.69) is 20.2 Å². The van der Waals surface area contributed by atoms with Crippen LogP contribution in [0.2, 0.25) is 0 Å². The highest BCUT2D eigenvalue weighted by Gasteiger charge is 2.34. The highest BCUT2D eigenvalue weighted by atomic mass is 16.5. The Bertz CT molecular complexity index is 761. The first-order valence-corrected chi connectivity index (χ1v) is 8.83. The van der Waals surface area contributed by atoms with E-state index in [0.717, 1.165) is 18.1 Å². The van der Waals surface area contributed by atoms with Gasteiger partial charge in [0.25, 0.3) is 5.91 Å². The van der Waals surface area contributed by atoms with Gasteiger partial charge < -0.3 is 14.4 Å². The fourth-order valence-corrected chi connectivity index (χ4v) is 3.08. The van der Waals surface area contributed by atoms with Gasteiger partial charge >= 0.3 is 0 Å². The largest absolute Gasteiger partial charge is 0.489 e. The Hall–Kier alpha value is -2.48. The van der Waals surface area contributed by atoms with E-state index in [9.17, 15) is 4.79 Å². The number of pyridine rings is 1. The molecule has 2 atom stereocenters. The molecule has 0 aromatic carbocycles. The summed E-state index contributed by atoms with van der Waals surface area (Å²) in [6, 6.07) is 3.52. The highest BCUT2D eigenvalue weighted by Crippen LogP contribution is 2.30. The summed E-state index contributed by atoms with van der Waals surface area (Å²) >= 11 is 0. The van der Waals surface area contributed by atoms with Crippen LogP contribution in [0.1, 0.15) is 48.3 Å². The van der Waals surface area contributed by atoms with Gasteiger partial charge in [0.1, 0.15) is 5.82 Å². The summed E-state index contributed by atoms with van der Waals surface area (Å²) in [7, 11) is 1.75. The molecule has 8 nitrogen and oxygen atoms in total. The van der Waals surface area contributed by atoms with Gasteiger partial charge in [-0.05, 0) is 39.3 Å². The smallest absolute Gasteiger partial charge is 0.276 e. The molecule has 1 aliphatic heterocycles. The Morgan fingerprint density at radius 2 is 2.31 bits per heavy atom. The number of nitrogens with zero attached hydrogens (tertiary/aromatic N) is 4. The van der Waals surface area contributed by atoms with Crippen LogP contribution >= 0.6 is 0 Å². The summed E-state index contributed by atoms with van der Waals surface area (Å²) in [4.78, 5) is 23.1. The second kappa shape index (κ2) is 7.82. The van der Waals surface area contributed by atoms with Gasteiger partial charge in [0.05, 0.1) is 18.1 Å². The first-order valence-electron chi connectivity index (χ1n) is 8.83. The van der Waals surface area contributed by atoms with Crippen LogP contribution in [0.25, 0.3) is 0 Å². The van der Waals surface area contributed by atoms with E-state index in [-0.39, 0.29) is 24.0 Å². The zero-order chi connectivity index (χ0) is 18.7. The maximum atomic E-state index is 12.9. The minimum absolute atomic E-state index is 0.0346. The van der Waals surface area contributed by atoms with Crippen LogP contribution < -0.4 is 4.74 Å². The van der Waals surface area contributed by atoms with Gasteiger partial charge in [-0.2, -0.15) is 5.10 Å². The van der Waals surface area contributed by atoms with Crippen molar-refractivity contribution in [3.8, 4) is 5.75 Å². The number of carbonyl (C=O) groups is 1. The molecule has 140 valence electrons. The Kier molecular flexibility index (Phi) is 5.51. The Morgan fingerprint density at radius 1 is 1.50 bits per heavy atom. The SMILES string of the molecule is Cc1nc([C@@H]2CCO[C@@H]2CN(C)C(=O)c2ncccc2OC(C)C)n[nH]1. The van der Waals surface area contributed by atoms with Crippen molar-refractivity contribution in [2.75, 3.05) is 20.2 Å². The standard InChI is InChI=1S/C18H25N5O3/c1-11(2)26-14-6-5-8-19-16(14)18(24)23(4)10-15-13(7-9-25-15)17-20-12(3)21-22-17/h5-6,8,11,13,15H,7,9-10H2,1-4H3,(H,20,21,22)/t13-,15-/m1/s1. The lowest BCUT2D eigenvalue weighted by atomic mass is 10.0. The number of likely N-dealkylation sites (N-methyl/N-ethyl adjacent to an activating group) is 1. The van der Waals surface area contributed by atoms with Crippen molar-refractivity contribution >= 4 is 5.91 Å². The van der Waals surface area contributed by atoms with E-state index in [1.54, 1.807) is 30.3 Å². The third-order valence-corrected chi connectivity index (χ3v) is 4.29. The van der Waals surface area contributed by atoms with Crippen molar-refractivity contribution in [1.82, 2.24) is 25.1 Å². The van der Waals surface area contributed by atoms with Crippen molar-refractivity contribution < 1.29 is 14.3 Å². The molecule has 0 unspecified atom stereocenters. The van der Waals surface area contributed by atoms with Gasteiger partial charge in [0.2, 0.25) is 0 Å². The molecule has 3 rings (SSSR count). The van der Waals surface area contributed by atoms with Crippen molar-refractivity contribution in [2.45, 2.75) is 45.3 Å². The second-order valence-corrected chi connectivity index (χ2v) is 6.79. The number of hydrogen-bond donors (Lipinski definition) is 1. The summed E-state index contributed by atoms with van der Waals surface area (Å²) in [6.45, 7) is 6.78. The number of rotatable bonds is 6. The molecular weight excluding hydrogens is 334 g/mol. The Balaban J connectivity index is 1.71. The predicted molar refractivity (Wildman–Crippen MR) is 95.2 cm³/mol. The fraction of sp³-hybridized carbons (Fsp3) is 0.556. The van der Waals surface area contributed by atoms with E-state index < -0.39 is 0 Å². The molecule has 1 fully saturated rings. The summed E-state index contributed by atoms with van der Waals surface area (Å²) in [5.41, 5.74) is 0.312. The number of carbonyl (C=O) groups excluding carboxylic acids is 1. The molecule has 8 heteroatoms. The van der Waals surface area contributed by atoms with Crippen LogP contribution in [-0.2, 0) is 4.74 Å². The Labute approximate surface area is 152 Å². The molecule has 0 aliphatic carbocycles. The van der Waals surface area contributed by atoms with Crippen LogP contribution in [0, 0.1) is 6.92 Å². The average Bonchev–Trinajstić information content (AvgIpc) is 3.22. The normalized spacial score (nSPS) is 19.7. The average molecular weight is 359 g/mol. The Morgan fingerprint density at radius 3 is 3.00 bits per heavy atom. The van der Waals surface area contributed by atoms with E-state index in [0.29, 0.717) is 24.6 Å². The molecule has 0 bridgehead atoms. The molecule has 1 aliphatic rings. The number of aromatic nitrogens is 4. The predicted octanol–water partition coefficient (Wildman–Crippen LogP) is 1.94. The van der Waals surface area contributed by atoms with Crippen LogP contribution in [-0.4, -0.2) is 63.4 Å². The molecule has 1 N–H and O–H groups in total. The summed E-state index contributed by atoms with van der Waals surface area (Å²) in [6.07, 6.45) is 2.26. The molecular formula is C18H25N5O3. The van der Waals surface area contributed by atoms with E-state index in [1.807, 2.05) is 20.8 Å². The zero-order valence-electron chi connectivity index (χ0n) is 15.6. The van der Waals surface area contributed by atoms with Gasteiger partial charge in [-0.3, -0.25) is 9.89 Å².